The summed E-state index contributed by atoms with van der Waals surface area (Å²) in [6.07, 6.45) is 4.84. The van der Waals surface area contributed by atoms with Crippen LogP contribution in [0.25, 0.3) is 0 Å². The Balaban J connectivity index is 2.13. The molecule has 1 aromatic carbocycles. The average Bonchev–Trinajstić information content (AvgIpc) is 2.78. The standard InChI is InChI=1S/C15H21NO2/c1-12-5-4-6-13(11-12)15(8-2-3-9-15)16-10-7-14(17)18/h4-6,11,16H,2-3,7-10H2,1H3,(H,17,18). The first-order chi connectivity index (χ1) is 8.62. The zero-order valence-corrected chi connectivity index (χ0v) is 10.9. The van der Waals surface area contributed by atoms with Crippen molar-refractivity contribution < 1.29 is 9.90 Å². The number of aliphatic carboxylic acids is 1. The molecule has 18 heavy (non-hydrogen) atoms. The van der Waals surface area contributed by atoms with Gasteiger partial charge in [0.25, 0.3) is 0 Å². The highest BCUT2D eigenvalue weighted by molar-refractivity contribution is 5.66. The fourth-order valence-corrected chi connectivity index (χ4v) is 2.90. The number of carboxylic acid groups (broad SMARTS) is 1. The summed E-state index contributed by atoms with van der Waals surface area (Å²) in [5, 5.41) is 12.2. The number of hydrogen-bond acceptors (Lipinski definition) is 2. The Morgan fingerprint density at radius 2 is 2.11 bits per heavy atom. The third-order valence-electron chi connectivity index (χ3n) is 3.83. The minimum Gasteiger partial charge on any atom is -0.481 e. The van der Waals surface area contributed by atoms with Crippen molar-refractivity contribution in [2.45, 2.75) is 44.6 Å². The molecule has 0 amide bonds. The van der Waals surface area contributed by atoms with Gasteiger partial charge in [-0.15, -0.1) is 0 Å². The second-order valence-electron chi connectivity index (χ2n) is 5.23. The SMILES string of the molecule is Cc1cccc(C2(NCCC(=O)O)CCCC2)c1. The summed E-state index contributed by atoms with van der Waals surface area (Å²) in [5.74, 6) is -0.736. The van der Waals surface area contributed by atoms with Crippen LogP contribution < -0.4 is 5.32 Å². The Hall–Kier alpha value is -1.35. The summed E-state index contributed by atoms with van der Waals surface area (Å²) < 4.78 is 0. The van der Waals surface area contributed by atoms with E-state index in [1.807, 2.05) is 0 Å². The molecule has 1 saturated carbocycles. The molecule has 0 radical (unpaired) electrons. The van der Waals surface area contributed by atoms with Crippen LogP contribution in [0.1, 0.15) is 43.2 Å². The second-order valence-corrected chi connectivity index (χ2v) is 5.23. The smallest absolute Gasteiger partial charge is 0.304 e. The number of nitrogens with one attached hydrogen (secondary N) is 1. The molecule has 2 rings (SSSR count). The highest BCUT2D eigenvalue weighted by atomic mass is 16.4. The van der Waals surface area contributed by atoms with Gasteiger partial charge in [-0.3, -0.25) is 4.79 Å². The molecule has 0 unspecified atom stereocenters. The van der Waals surface area contributed by atoms with Crippen LogP contribution in [0, 0.1) is 6.92 Å². The van der Waals surface area contributed by atoms with E-state index >= 15 is 0 Å². The number of rotatable bonds is 5. The van der Waals surface area contributed by atoms with Gasteiger partial charge in [-0.05, 0) is 25.3 Å². The lowest BCUT2D eigenvalue weighted by atomic mass is 9.87. The van der Waals surface area contributed by atoms with Crippen LogP contribution in [0.4, 0.5) is 0 Å². The zero-order chi connectivity index (χ0) is 13.0. The molecule has 1 fully saturated rings. The van der Waals surface area contributed by atoms with E-state index < -0.39 is 5.97 Å². The van der Waals surface area contributed by atoms with Crippen molar-refractivity contribution >= 4 is 5.97 Å². The lowest BCUT2D eigenvalue weighted by Gasteiger charge is -2.31. The van der Waals surface area contributed by atoms with Crippen LogP contribution in [0.15, 0.2) is 24.3 Å². The Morgan fingerprint density at radius 3 is 2.72 bits per heavy atom. The van der Waals surface area contributed by atoms with E-state index in [2.05, 4.69) is 36.5 Å². The average molecular weight is 247 g/mol. The topological polar surface area (TPSA) is 49.3 Å². The minimum atomic E-state index is -0.736. The summed E-state index contributed by atoms with van der Waals surface area (Å²) in [5.41, 5.74) is 2.57. The van der Waals surface area contributed by atoms with Crippen LogP contribution in [-0.2, 0) is 10.3 Å². The van der Waals surface area contributed by atoms with E-state index in [4.69, 9.17) is 5.11 Å². The lowest BCUT2D eigenvalue weighted by Crippen LogP contribution is -2.41. The van der Waals surface area contributed by atoms with Gasteiger partial charge in [0.2, 0.25) is 0 Å². The van der Waals surface area contributed by atoms with E-state index in [0.717, 1.165) is 12.8 Å². The molecule has 98 valence electrons. The molecular formula is C15H21NO2. The van der Waals surface area contributed by atoms with Gasteiger partial charge in [-0.1, -0.05) is 42.7 Å². The van der Waals surface area contributed by atoms with Gasteiger partial charge in [0.1, 0.15) is 0 Å². The third kappa shape index (κ3) is 2.91. The zero-order valence-electron chi connectivity index (χ0n) is 10.9. The van der Waals surface area contributed by atoms with Crippen LogP contribution in [0.5, 0.6) is 0 Å². The van der Waals surface area contributed by atoms with Crippen molar-refractivity contribution in [3.05, 3.63) is 35.4 Å². The van der Waals surface area contributed by atoms with Crippen molar-refractivity contribution in [3.8, 4) is 0 Å². The highest BCUT2D eigenvalue weighted by Crippen LogP contribution is 2.38. The monoisotopic (exact) mass is 247 g/mol. The van der Waals surface area contributed by atoms with Gasteiger partial charge >= 0.3 is 5.97 Å². The van der Waals surface area contributed by atoms with E-state index in [-0.39, 0.29) is 12.0 Å². The maximum atomic E-state index is 10.6. The number of hydrogen-bond donors (Lipinski definition) is 2. The summed E-state index contributed by atoms with van der Waals surface area (Å²) in [4.78, 5) is 10.6. The van der Waals surface area contributed by atoms with Crippen molar-refractivity contribution in [1.29, 1.82) is 0 Å². The first-order valence-electron chi connectivity index (χ1n) is 6.66. The lowest BCUT2D eigenvalue weighted by molar-refractivity contribution is -0.136. The fourth-order valence-electron chi connectivity index (χ4n) is 2.90. The Kier molecular flexibility index (Phi) is 4.02. The molecule has 1 aliphatic rings. The predicted molar refractivity (Wildman–Crippen MR) is 71.6 cm³/mol. The number of carboxylic acids is 1. The molecular weight excluding hydrogens is 226 g/mol. The fraction of sp³-hybridized carbons (Fsp3) is 0.533. The van der Waals surface area contributed by atoms with Crippen molar-refractivity contribution in [1.82, 2.24) is 5.32 Å². The Labute approximate surface area is 108 Å². The molecule has 1 aliphatic carbocycles. The molecule has 3 heteroatoms. The molecule has 1 aromatic rings. The first-order valence-corrected chi connectivity index (χ1v) is 6.66. The quantitative estimate of drug-likeness (QED) is 0.841. The van der Waals surface area contributed by atoms with Crippen LogP contribution in [0.2, 0.25) is 0 Å². The largest absolute Gasteiger partial charge is 0.481 e. The van der Waals surface area contributed by atoms with E-state index in [1.54, 1.807) is 0 Å². The summed E-state index contributed by atoms with van der Waals surface area (Å²) in [6, 6.07) is 8.57. The maximum Gasteiger partial charge on any atom is 0.304 e. The molecule has 0 aromatic heterocycles. The summed E-state index contributed by atoms with van der Waals surface area (Å²) >= 11 is 0. The Bertz CT molecular complexity index is 422. The van der Waals surface area contributed by atoms with Crippen LogP contribution >= 0.6 is 0 Å². The van der Waals surface area contributed by atoms with Gasteiger partial charge in [-0.25, -0.2) is 0 Å². The minimum absolute atomic E-state index is 0.00146. The second kappa shape index (κ2) is 5.53. The van der Waals surface area contributed by atoms with Gasteiger partial charge < -0.3 is 10.4 Å². The molecule has 0 atom stereocenters. The molecule has 0 saturated heterocycles. The number of carbonyl (C=O) groups is 1. The van der Waals surface area contributed by atoms with Gasteiger partial charge in [0.05, 0.1) is 6.42 Å². The normalized spacial score (nSPS) is 17.8. The van der Waals surface area contributed by atoms with Crippen LogP contribution in [0.3, 0.4) is 0 Å². The predicted octanol–water partition coefficient (Wildman–Crippen LogP) is 2.83. The van der Waals surface area contributed by atoms with Gasteiger partial charge in [0.15, 0.2) is 0 Å². The molecule has 2 N–H and O–H groups in total. The van der Waals surface area contributed by atoms with Gasteiger partial charge in [0, 0.05) is 12.1 Å². The van der Waals surface area contributed by atoms with Crippen molar-refractivity contribution in [2.24, 2.45) is 0 Å². The van der Waals surface area contributed by atoms with E-state index in [1.165, 1.54) is 24.0 Å². The molecule has 0 heterocycles. The number of aryl methyl sites for hydroxylation is 1. The molecule has 3 nitrogen and oxygen atoms in total. The summed E-state index contributed by atoms with van der Waals surface area (Å²) in [6.45, 7) is 2.65. The van der Waals surface area contributed by atoms with Crippen molar-refractivity contribution in [3.63, 3.8) is 0 Å². The van der Waals surface area contributed by atoms with E-state index in [9.17, 15) is 4.79 Å². The Morgan fingerprint density at radius 1 is 1.39 bits per heavy atom. The first kappa shape index (κ1) is 13.1. The highest BCUT2D eigenvalue weighted by Gasteiger charge is 2.34. The summed E-state index contributed by atoms with van der Waals surface area (Å²) in [7, 11) is 0. The number of benzene rings is 1. The van der Waals surface area contributed by atoms with E-state index in [0.29, 0.717) is 6.54 Å². The molecule has 0 aliphatic heterocycles. The molecule has 0 bridgehead atoms. The van der Waals surface area contributed by atoms with Crippen molar-refractivity contribution in [2.75, 3.05) is 6.54 Å². The molecule has 0 spiro atoms. The van der Waals surface area contributed by atoms with Crippen LogP contribution in [-0.4, -0.2) is 17.6 Å². The third-order valence-corrected chi connectivity index (χ3v) is 3.83. The van der Waals surface area contributed by atoms with Gasteiger partial charge in [-0.2, -0.15) is 0 Å². The maximum absolute atomic E-state index is 10.6.